The molecule has 3 aromatic rings. The number of thioether (sulfide) groups is 1. The number of anilines is 1. The predicted molar refractivity (Wildman–Crippen MR) is 114 cm³/mol. The van der Waals surface area contributed by atoms with E-state index >= 15 is 0 Å². The number of aromatic amines is 1. The lowest BCUT2D eigenvalue weighted by molar-refractivity contribution is -0.113. The number of carbonyl (C=O) groups is 1. The summed E-state index contributed by atoms with van der Waals surface area (Å²) < 4.78 is 57.0. The number of halogens is 3. The maximum Gasteiger partial charge on any atom is 0.270 e. The molecule has 3 rings (SSSR count). The average Bonchev–Trinajstić information content (AvgIpc) is 2.74. The second kappa shape index (κ2) is 9.67. The summed E-state index contributed by atoms with van der Waals surface area (Å²) in [5.41, 5.74) is -1.16. The number of rotatable bonds is 7. The lowest BCUT2D eigenvalue weighted by Gasteiger charge is -2.08. The minimum Gasteiger partial charge on any atom is -0.495 e. The third-order valence-electron chi connectivity index (χ3n) is 4.01. The highest BCUT2D eigenvalue weighted by Crippen LogP contribution is 2.29. The summed E-state index contributed by atoms with van der Waals surface area (Å²) in [6.07, 6.45) is 0.867. The molecule has 0 saturated heterocycles. The van der Waals surface area contributed by atoms with Crippen molar-refractivity contribution in [3.05, 3.63) is 69.6 Å². The van der Waals surface area contributed by atoms with Crippen LogP contribution in [0.5, 0.6) is 5.75 Å². The Bertz CT molecular complexity index is 1350. The number of hydrogen-bond donors (Lipinski definition) is 2. The van der Waals surface area contributed by atoms with Crippen LogP contribution in [0.2, 0.25) is 5.02 Å². The number of sulfone groups is 1. The van der Waals surface area contributed by atoms with E-state index in [1.807, 2.05) is 0 Å². The first kappa shape index (κ1) is 23.7. The van der Waals surface area contributed by atoms with Gasteiger partial charge in [0.05, 0.1) is 34.7 Å². The number of carbonyl (C=O) groups excluding carboxylic acids is 1. The fourth-order valence-electron chi connectivity index (χ4n) is 2.48. The van der Waals surface area contributed by atoms with Crippen molar-refractivity contribution in [1.82, 2.24) is 9.97 Å². The van der Waals surface area contributed by atoms with Gasteiger partial charge in [0.2, 0.25) is 15.7 Å². The van der Waals surface area contributed by atoms with Crippen LogP contribution in [-0.2, 0) is 14.6 Å². The van der Waals surface area contributed by atoms with Crippen molar-refractivity contribution in [3.8, 4) is 5.75 Å². The Hall–Kier alpha value is -2.96. The van der Waals surface area contributed by atoms with E-state index in [9.17, 15) is 26.8 Å². The number of amides is 1. The Morgan fingerprint density at radius 1 is 1.25 bits per heavy atom. The topological polar surface area (TPSA) is 118 Å². The SMILES string of the molecule is COc1ccc(S(=O)(=O)c2cnc(SCC(=O)Nc3ccc(F)cc3F)[nH]c2=O)cc1Cl. The molecular weight excluding hydrogens is 488 g/mol. The van der Waals surface area contributed by atoms with E-state index < -0.39 is 37.8 Å². The molecule has 32 heavy (non-hydrogen) atoms. The Morgan fingerprint density at radius 2 is 2.00 bits per heavy atom. The highest BCUT2D eigenvalue weighted by molar-refractivity contribution is 7.99. The molecule has 1 heterocycles. The third-order valence-corrected chi connectivity index (χ3v) is 6.94. The largest absolute Gasteiger partial charge is 0.495 e. The average molecular weight is 502 g/mol. The first-order chi connectivity index (χ1) is 15.1. The first-order valence-electron chi connectivity index (χ1n) is 8.67. The summed E-state index contributed by atoms with van der Waals surface area (Å²) in [6.45, 7) is 0. The van der Waals surface area contributed by atoms with Crippen molar-refractivity contribution in [1.29, 1.82) is 0 Å². The molecule has 0 spiro atoms. The second-order valence-corrected chi connectivity index (χ2v) is 9.43. The van der Waals surface area contributed by atoms with Crippen molar-refractivity contribution < 1.29 is 26.7 Å². The Kier molecular flexibility index (Phi) is 7.16. The van der Waals surface area contributed by atoms with Gasteiger partial charge >= 0.3 is 0 Å². The molecule has 0 aliphatic rings. The van der Waals surface area contributed by atoms with Crippen LogP contribution in [0.25, 0.3) is 0 Å². The van der Waals surface area contributed by atoms with Crippen molar-refractivity contribution >= 4 is 44.8 Å². The third kappa shape index (κ3) is 5.26. The second-order valence-electron chi connectivity index (χ2n) is 6.14. The van der Waals surface area contributed by atoms with E-state index in [1.165, 1.54) is 19.2 Å². The van der Waals surface area contributed by atoms with E-state index in [-0.39, 0.29) is 32.3 Å². The molecule has 2 N–H and O–H groups in total. The van der Waals surface area contributed by atoms with E-state index in [0.717, 1.165) is 36.2 Å². The quantitative estimate of drug-likeness (QED) is 0.377. The van der Waals surface area contributed by atoms with Gasteiger partial charge < -0.3 is 15.0 Å². The molecular formula is C19H14ClF2N3O5S2. The monoisotopic (exact) mass is 501 g/mol. The minimum atomic E-state index is -4.22. The van der Waals surface area contributed by atoms with Crippen LogP contribution < -0.4 is 15.6 Å². The number of nitrogens with zero attached hydrogens (tertiary/aromatic N) is 1. The maximum absolute atomic E-state index is 13.6. The predicted octanol–water partition coefficient (Wildman–Crippen LogP) is 3.27. The standard InChI is InChI=1S/C19H14ClF2N3O5S2/c1-30-15-5-3-11(7-12(15)20)32(28,29)16-8-23-19(25-18(16)27)31-9-17(26)24-14-4-2-10(21)6-13(14)22/h2-8H,9H2,1H3,(H,24,26)(H,23,25,27). The molecule has 0 atom stereocenters. The van der Waals surface area contributed by atoms with Crippen LogP contribution in [0.4, 0.5) is 14.5 Å². The van der Waals surface area contributed by atoms with Gasteiger partial charge in [-0.1, -0.05) is 23.4 Å². The van der Waals surface area contributed by atoms with Crippen LogP contribution in [-0.4, -0.2) is 37.2 Å². The zero-order chi connectivity index (χ0) is 23.5. The molecule has 0 saturated carbocycles. The lowest BCUT2D eigenvalue weighted by Crippen LogP contribution is -2.20. The van der Waals surface area contributed by atoms with E-state index in [1.54, 1.807) is 0 Å². The molecule has 168 valence electrons. The molecule has 0 fully saturated rings. The minimum absolute atomic E-state index is 0.0311. The van der Waals surface area contributed by atoms with Gasteiger partial charge in [0.15, 0.2) is 10.1 Å². The lowest BCUT2D eigenvalue weighted by atomic mass is 10.3. The van der Waals surface area contributed by atoms with Gasteiger partial charge in [0.1, 0.15) is 17.4 Å². The molecule has 2 aromatic carbocycles. The van der Waals surface area contributed by atoms with Crippen molar-refractivity contribution in [2.24, 2.45) is 0 Å². The number of aromatic nitrogens is 2. The molecule has 1 amide bonds. The fraction of sp³-hybridized carbons (Fsp3) is 0.105. The summed E-state index contributed by atoms with van der Waals surface area (Å²) >= 11 is 6.75. The number of methoxy groups -OCH3 is 1. The van der Waals surface area contributed by atoms with Gasteiger partial charge in [0.25, 0.3) is 5.56 Å². The van der Waals surface area contributed by atoms with Gasteiger partial charge in [0, 0.05) is 6.07 Å². The Balaban J connectivity index is 1.73. The molecule has 13 heteroatoms. The Labute approximate surface area is 189 Å². The molecule has 0 aliphatic heterocycles. The smallest absolute Gasteiger partial charge is 0.270 e. The zero-order valence-electron chi connectivity index (χ0n) is 16.2. The zero-order valence-corrected chi connectivity index (χ0v) is 18.6. The summed E-state index contributed by atoms with van der Waals surface area (Å²) in [5.74, 6) is -2.39. The van der Waals surface area contributed by atoms with Crippen molar-refractivity contribution in [2.75, 3.05) is 18.2 Å². The van der Waals surface area contributed by atoms with Crippen molar-refractivity contribution in [2.45, 2.75) is 14.9 Å². The maximum atomic E-state index is 13.6. The van der Waals surface area contributed by atoms with E-state index in [4.69, 9.17) is 16.3 Å². The highest BCUT2D eigenvalue weighted by Gasteiger charge is 2.23. The number of benzene rings is 2. The Morgan fingerprint density at radius 3 is 2.62 bits per heavy atom. The summed E-state index contributed by atoms with van der Waals surface area (Å²) in [4.78, 5) is 29.6. The van der Waals surface area contributed by atoms with Gasteiger partial charge in [-0.2, -0.15) is 0 Å². The molecule has 0 radical (unpaired) electrons. The number of ether oxygens (including phenoxy) is 1. The molecule has 0 aliphatic carbocycles. The highest BCUT2D eigenvalue weighted by atomic mass is 35.5. The van der Waals surface area contributed by atoms with Gasteiger partial charge in [-0.3, -0.25) is 9.59 Å². The summed E-state index contributed by atoms with van der Waals surface area (Å²) in [6, 6.07) is 6.41. The van der Waals surface area contributed by atoms with Gasteiger partial charge in [-0.15, -0.1) is 0 Å². The van der Waals surface area contributed by atoms with Crippen LogP contribution in [0.3, 0.4) is 0 Å². The van der Waals surface area contributed by atoms with Crippen LogP contribution in [0, 0.1) is 11.6 Å². The fourth-order valence-corrected chi connectivity index (χ4v) is 4.70. The van der Waals surface area contributed by atoms with Gasteiger partial charge in [-0.05, 0) is 30.3 Å². The summed E-state index contributed by atoms with van der Waals surface area (Å²) in [7, 11) is -2.85. The number of H-pyrrole nitrogens is 1. The molecule has 0 unspecified atom stereocenters. The first-order valence-corrected chi connectivity index (χ1v) is 11.5. The number of nitrogens with one attached hydrogen (secondary N) is 2. The van der Waals surface area contributed by atoms with Crippen molar-refractivity contribution in [3.63, 3.8) is 0 Å². The van der Waals surface area contributed by atoms with Gasteiger partial charge in [-0.25, -0.2) is 22.2 Å². The summed E-state index contributed by atoms with van der Waals surface area (Å²) in [5, 5.41) is 2.27. The van der Waals surface area contributed by atoms with E-state index in [2.05, 4.69) is 15.3 Å². The van der Waals surface area contributed by atoms with Crippen LogP contribution >= 0.6 is 23.4 Å². The van der Waals surface area contributed by atoms with Crippen LogP contribution in [0.1, 0.15) is 0 Å². The molecule has 0 bridgehead atoms. The normalized spacial score (nSPS) is 11.2. The molecule has 1 aromatic heterocycles. The van der Waals surface area contributed by atoms with E-state index in [0.29, 0.717) is 6.07 Å². The molecule has 8 nitrogen and oxygen atoms in total. The van der Waals surface area contributed by atoms with Crippen LogP contribution in [0.15, 0.2) is 62.3 Å². The number of hydrogen-bond acceptors (Lipinski definition) is 7.